The van der Waals surface area contributed by atoms with Crippen molar-refractivity contribution in [2.45, 2.75) is 12.5 Å². The van der Waals surface area contributed by atoms with Crippen LogP contribution >= 0.6 is 12.2 Å². The first kappa shape index (κ1) is 16.5. The highest BCUT2D eigenvalue weighted by atomic mass is 32.1. The summed E-state index contributed by atoms with van der Waals surface area (Å²) in [6, 6.07) is 29.2. The Labute approximate surface area is 158 Å². The molecular formula is C22H19N3S. The largest absolute Gasteiger partial charge is 0.375 e. The summed E-state index contributed by atoms with van der Waals surface area (Å²) < 4.78 is 0. The first-order valence-corrected chi connectivity index (χ1v) is 9.00. The predicted molar refractivity (Wildman–Crippen MR) is 111 cm³/mol. The molecule has 3 aromatic rings. The van der Waals surface area contributed by atoms with Crippen molar-refractivity contribution in [3.05, 3.63) is 96.1 Å². The predicted octanol–water partition coefficient (Wildman–Crippen LogP) is 4.75. The summed E-state index contributed by atoms with van der Waals surface area (Å²) >= 11 is 5.22. The Morgan fingerprint density at radius 3 is 1.96 bits per heavy atom. The van der Waals surface area contributed by atoms with Gasteiger partial charge in [0.25, 0.3) is 0 Å². The average molecular weight is 357 g/mol. The van der Waals surface area contributed by atoms with E-state index in [1.165, 1.54) is 16.7 Å². The van der Waals surface area contributed by atoms with Gasteiger partial charge in [-0.3, -0.25) is 0 Å². The lowest BCUT2D eigenvalue weighted by molar-refractivity contribution is 0.373. The van der Waals surface area contributed by atoms with Gasteiger partial charge in [0, 0.05) is 6.42 Å². The zero-order valence-electron chi connectivity index (χ0n) is 14.2. The van der Waals surface area contributed by atoms with E-state index in [1.54, 1.807) is 5.01 Å². The number of hydrogen-bond acceptors (Lipinski definition) is 2. The van der Waals surface area contributed by atoms with E-state index in [-0.39, 0.29) is 6.04 Å². The Kier molecular flexibility index (Phi) is 4.50. The summed E-state index contributed by atoms with van der Waals surface area (Å²) in [4.78, 5) is 0. The number of benzene rings is 3. The summed E-state index contributed by atoms with van der Waals surface area (Å²) in [6.07, 6.45) is 0.784. The minimum Gasteiger partial charge on any atom is -0.375 e. The molecule has 0 radical (unpaired) electrons. The molecule has 3 nitrogen and oxygen atoms in total. The van der Waals surface area contributed by atoms with Gasteiger partial charge in [-0.25, -0.2) is 5.01 Å². The number of nitrogens with two attached hydrogens (primary N) is 1. The van der Waals surface area contributed by atoms with Crippen LogP contribution in [0.3, 0.4) is 0 Å². The molecule has 26 heavy (non-hydrogen) atoms. The molecule has 128 valence electrons. The molecule has 0 aliphatic carbocycles. The molecule has 1 atom stereocenters. The Morgan fingerprint density at radius 1 is 0.808 bits per heavy atom. The zero-order valence-corrected chi connectivity index (χ0v) is 15.1. The van der Waals surface area contributed by atoms with E-state index < -0.39 is 0 Å². The molecule has 0 bridgehead atoms. The SMILES string of the molecule is NC(=S)N1N=C(c2ccc(-c3ccccc3)cc2)C[C@H]1c1ccccc1. The van der Waals surface area contributed by atoms with Crippen LogP contribution in [0.15, 0.2) is 90.0 Å². The first-order valence-electron chi connectivity index (χ1n) is 8.59. The highest BCUT2D eigenvalue weighted by Crippen LogP contribution is 2.32. The second-order valence-corrected chi connectivity index (χ2v) is 6.72. The van der Waals surface area contributed by atoms with E-state index in [4.69, 9.17) is 23.1 Å². The standard InChI is InChI=1S/C22H19N3S/c23-22(26)25-21(19-9-5-2-6-10-19)15-20(24-25)18-13-11-17(12-14-18)16-7-3-1-4-8-16/h1-14,21H,15H2,(H2,23,26)/t21-/m0/s1. The minimum atomic E-state index is 0.0532. The van der Waals surface area contributed by atoms with Gasteiger partial charge < -0.3 is 5.73 Å². The molecule has 1 aliphatic rings. The van der Waals surface area contributed by atoms with Crippen molar-refractivity contribution < 1.29 is 0 Å². The fourth-order valence-electron chi connectivity index (χ4n) is 3.31. The fraction of sp³-hybridized carbons (Fsp3) is 0.0909. The van der Waals surface area contributed by atoms with E-state index in [0.717, 1.165) is 17.7 Å². The van der Waals surface area contributed by atoms with E-state index >= 15 is 0 Å². The molecule has 0 saturated heterocycles. The van der Waals surface area contributed by atoms with Crippen molar-refractivity contribution in [1.29, 1.82) is 0 Å². The van der Waals surface area contributed by atoms with Crippen molar-refractivity contribution in [2.75, 3.05) is 0 Å². The monoisotopic (exact) mass is 357 g/mol. The van der Waals surface area contributed by atoms with Crippen LogP contribution in [-0.4, -0.2) is 15.8 Å². The molecule has 2 N–H and O–H groups in total. The van der Waals surface area contributed by atoms with Crippen molar-refractivity contribution >= 4 is 23.0 Å². The Balaban J connectivity index is 1.61. The molecule has 0 amide bonds. The zero-order chi connectivity index (χ0) is 17.9. The molecule has 3 aromatic carbocycles. The van der Waals surface area contributed by atoms with Crippen molar-refractivity contribution in [3.8, 4) is 11.1 Å². The van der Waals surface area contributed by atoms with Gasteiger partial charge in [0.2, 0.25) is 0 Å². The molecule has 0 fully saturated rings. The normalized spacial score (nSPS) is 16.4. The first-order chi connectivity index (χ1) is 12.7. The third kappa shape index (κ3) is 3.24. The van der Waals surface area contributed by atoms with Crippen LogP contribution in [0.5, 0.6) is 0 Å². The number of thiocarbonyl (C=S) groups is 1. The lowest BCUT2D eigenvalue weighted by Crippen LogP contribution is -2.31. The number of hydrazone groups is 1. The van der Waals surface area contributed by atoms with Crippen LogP contribution in [0.25, 0.3) is 11.1 Å². The number of rotatable bonds is 3. The second kappa shape index (κ2) is 7.10. The highest BCUT2D eigenvalue weighted by Gasteiger charge is 2.30. The van der Waals surface area contributed by atoms with E-state index in [2.05, 4.69) is 60.7 Å². The summed E-state index contributed by atoms with van der Waals surface area (Å²) in [7, 11) is 0. The van der Waals surface area contributed by atoms with Gasteiger partial charge in [-0.05, 0) is 34.5 Å². The average Bonchev–Trinajstić information content (AvgIpc) is 3.15. The molecule has 1 aliphatic heterocycles. The van der Waals surface area contributed by atoms with Crippen LogP contribution in [0, 0.1) is 0 Å². The van der Waals surface area contributed by atoms with Gasteiger partial charge in [-0.2, -0.15) is 5.10 Å². The van der Waals surface area contributed by atoms with E-state index in [9.17, 15) is 0 Å². The third-order valence-corrected chi connectivity index (χ3v) is 4.83. The molecular weight excluding hydrogens is 338 g/mol. The van der Waals surface area contributed by atoms with Crippen molar-refractivity contribution in [3.63, 3.8) is 0 Å². The van der Waals surface area contributed by atoms with Crippen molar-refractivity contribution in [2.24, 2.45) is 10.8 Å². The molecule has 0 aromatic heterocycles. The molecule has 0 spiro atoms. The Bertz CT molecular complexity index is 934. The maximum atomic E-state index is 5.92. The molecule has 4 rings (SSSR count). The summed E-state index contributed by atoms with van der Waals surface area (Å²) in [5.74, 6) is 0. The quantitative estimate of drug-likeness (QED) is 0.688. The minimum absolute atomic E-state index is 0.0532. The van der Waals surface area contributed by atoms with E-state index in [1.807, 2.05) is 24.3 Å². The van der Waals surface area contributed by atoms with Gasteiger partial charge in [-0.15, -0.1) is 0 Å². The molecule has 1 heterocycles. The third-order valence-electron chi connectivity index (χ3n) is 4.65. The van der Waals surface area contributed by atoms with Crippen LogP contribution in [0.2, 0.25) is 0 Å². The van der Waals surface area contributed by atoms with Crippen LogP contribution in [-0.2, 0) is 0 Å². The molecule has 0 unspecified atom stereocenters. The lowest BCUT2D eigenvalue weighted by Gasteiger charge is -2.21. The van der Waals surface area contributed by atoms with E-state index in [0.29, 0.717) is 5.11 Å². The smallest absolute Gasteiger partial charge is 0.187 e. The maximum Gasteiger partial charge on any atom is 0.187 e. The summed E-state index contributed by atoms with van der Waals surface area (Å²) in [6.45, 7) is 0. The van der Waals surface area contributed by atoms with Gasteiger partial charge in [0.05, 0.1) is 11.8 Å². The van der Waals surface area contributed by atoms with Crippen LogP contribution < -0.4 is 5.73 Å². The Morgan fingerprint density at radius 2 is 1.35 bits per heavy atom. The second-order valence-electron chi connectivity index (χ2n) is 6.30. The molecule has 4 heteroatoms. The molecule has 0 saturated carbocycles. The summed E-state index contributed by atoms with van der Waals surface area (Å²) in [5.41, 5.74) is 11.6. The van der Waals surface area contributed by atoms with Gasteiger partial charge in [0.1, 0.15) is 0 Å². The maximum absolute atomic E-state index is 5.92. The number of hydrogen-bond donors (Lipinski definition) is 1. The fourth-order valence-corrected chi connectivity index (χ4v) is 3.48. The number of nitrogens with zero attached hydrogens (tertiary/aromatic N) is 2. The Hall–Kier alpha value is -2.98. The van der Waals surface area contributed by atoms with Gasteiger partial charge in [0.15, 0.2) is 5.11 Å². The highest BCUT2D eigenvalue weighted by molar-refractivity contribution is 7.80. The van der Waals surface area contributed by atoms with Gasteiger partial charge in [-0.1, -0.05) is 84.9 Å². The van der Waals surface area contributed by atoms with Gasteiger partial charge >= 0.3 is 0 Å². The van der Waals surface area contributed by atoms with Crippen LogP contribution in [0.4, 0.5) is 0 Å². The summed E-state index contributed by atoms with van der Waals surface area (Å²) in [5, 5.41) is 6.76. The van der Waals surface area contributed by atoms with Crippen LogP contribution in [0.1, 0.15) is 23.6 Å². The topological polar surface area (TPSA) is 41.6 Å². The van der Waals surface area contributed by atoms with Crippen molar-refractivity contribution in [1.82, 2.24) is 5.01 Å². The lowest BCUT2D eigenvalue weighted by atomic mass is 9.97.